The van der Waals surface area contributed by atoms with Gasteiger partial charge in [0.2, 0.25) is 0 Å². The van der Waals surface area contributed by atoms with Crippen molar-refractivity contribution in [3.8, 4) is 0 Å². The van der Waals surface area contributed by atoms with Crippen molar-refractivity contribution in [2.45, 2.75) is 0 Å². The molecule has 0 atom stereocenters. The summed E-state index contributed by atoms with van der Waals surface area (Å²) >= 11 is 0. The Morgan fingerprint density at radius 2 is 1.00 bits per heavy atom. The molecule has 0 aromatic heterocycles. The van der Waals surface area contributed by atoms with Gasteiger partial charge in [-0.25, -0.2) is 0 Å². The van der Waals surface area contributed by atoms with Crippen molar-refractivity contribution in [3.63, 3.8) is 0 Å². The first-order valence-corrected chi connectivity index (χ1v) is 9.13. The number of hydrogen-bond donors (Lipinski definition) is 0. The van der Waals surface area contributed by atoms with Crippen LogP contribution in [0.3, 0.4) is 0 Å². The van der Waals surface area contributed by atoms with Crippen LogP contribution < -0.4 is 4.90 Å². The zero-order valence-electron chi connectivity index (χ0n) is 14.8. The summed E-state index contributed by atoms with van der Waals surface area (Å²) in [6, 6.07) is 41.7. The second kappa shape index (κ2) is 6.62. The van der Waals surface area contributed by atoms with Crippen LogP contribution in [0.25, 0.3) is 21.5 Å². The molecule has 1 nitrogen and oxygen atoms in total. The largest absolute Gasteiger partial charge is 0.310 e. The van der Waals surface area contributed by atoms with Crippen LogP contribution >= 0.6 is 0 Å². The lowest BCUT2D eigenvalue weighted by atomic mass is 10.0. The van der Waals surface area contributed by atoms with Crippen LogP contribution in [0.4, 0.5) is 17.1 Å². The van der Waals surface area contributed by atoms with E-state index in [0.717, 1.165) is 17.1 Å². The van der Waals surface area contributed by atoms with Gasteiger partial charge in [-0.15, -0.1) is 0 Å². The second-order valence-corrected chi connectivity index (χ2v) is 6.65. The Balaban J connectivity index is 1.71. The van der Waals surface area contributed by atoms with Gasteiger partial charge in [-0.05, 0) is 70.1 Å². The highest BCUT2D eigenvalue weighted by atomic mass is 15.1. The van der Waals surface area contributed by atoms with Crippen LogP contribution in [0.1, 0.15) is 0 Å². The summed E-state index contributed by atoms with van der Waals surface area (Å²) < 4.78 is 0. The van der Waals surface area contributed by atoms with E-state index in [1.54, 1.807) is 0 Å². The molecular weight excluding hydrogens is 326 g/mol. The van der Waals surface area contributed by atoms with Gasteiger partial charge in [0.1, 0.15) is 0 Å². The number of nitrogens with zero attached hydrogens (tertiary/aromatic N) is 1. The van der Waals surface area contributed by atoms with E-state index in [0.29, 0.717) is 0 Å². The molecule has 5 rings (SSSR count). The topological polar surface area (TPSA) is 3.24 Å². The normalized spacial score (nSPS) is 11.0. The highest BCUT2D eigenvalue weighted by Crippen LogP contribution is 2.36. The minimum absolute atomic E-state index is 1.04. The van der Waals surface area contributed by atoms with Crippen molar-refractivity contribution < 1.29 is 0 Å². The zero-order valence-corrected chi connectivity index (χ0v) is 14.8. The molecule has 0 amide bonds. The number of rotatable bonds is 3. The maximum absolute atomic E-state index is 3.50. The summed E-state index contributed by atoms with van der Waals surface area (Å²) in [4.78, 5) is 2.24. The molecule has 0 heterocycles. The van der Waals surface area contributed by atoms with Gasteiger partial charge in [0, 0.05) is 17.4 Å². The molecule has 0 aliphatic rings. The summed E-state index contributed by atoms with van der Waals surface area (Å²) in [6.07, 6.45) is 0. The molecule has 0 unspecified atom stereocenters. The molecule has 1 heteroatoms. The number of para-hydroxylation sites is 2. The van der Waals surface area contributed by atoms with Gasteiger partial charge in [-0.3, -0.25) is 0 Å². The van der Waals surface area contributed by atoms with Crippen molar-refractivity contribution in [2.75, 3.05) is 4.90 Å². The van der Waals surface area contributed by atoms with Crippen molar-refractivity contribution in [1.29, 1.82) is 0 Å². The average Bonchev–Trinajstić information content (AvgIpc) is 2.74. The first-order chi connectivity index (χ1) is 13.4. The van der Waals surface area contributed by atoms with Crippen molar-refractivity contribution in [3.05, 3.63) is 115 Å². The minimum Gasteiger partial charge on any atom is -0.310 e. The number of hydrogen-bond acceptors (Lipinski definition) is 1. The van der Waals surface area contributed by atoms with Gasteiger partial charge in [-0.2, -0.15) is 0 Å². The third kappa shape index (κ3) is 2.94. The first-order valence-electron chi connectivity index (χ1n) is 9.13. The molecule has 0 bridgehead atoms. The van der Waals surface area contributed by atoms with Crippen molar-refractivity contribution in [1.82, 2.24) is 0 Å². The SMILES string of the molecule is [c]1cc2cc3ccccc3cc2cc1N(c1ccccc1)c1ccccc1. The van der Waals surface area contributed by atoms with E-state index in [1.807, 2.05) is 12.1 Å². The van der Waals surface area contributed by atoms with Gasteiger partial charge in [-0.1, -0.05) is 60.7 Å². The Kier molecular flexibility index (Phi) is 3.84. The first kappa shape index (κ1) is 15.7. The van der Waals surface area contributed by atoms with Crippen LogP contribution in [0.5, 0.6) is 0 Å². The van der Waals surface area contributed by atoms with Gasteiger partial charge in [0.25, 0.3) is 0 Å². The Hall–Kier alpha value is -3.58. The fourth-order valence-electron chi connectivity index (χ4n) is 3.58. The minimum atomic E-state index is 1.04. The number of fused-ring (bicyclic) bond motifs is 2. The maximum Gasteiger partial charge on any atom is 0.0547 e. The molecule has 0 saturated carbocycles. The van der Waals surface area contributed by atoms with E-state index in [2.05, 4.69) is 108 Å². The van der Waals surface area contributed by atoms with Gasteiger partial charge < -0.3 is 4.90 Å². The standard InChI is InChI=1S/C26H18N/c1-3-11-24(12-4-1)27(25-13-5-2-6-14-25)26-16-15-22-17-20-9-7-8-10-21(20)18-23(22)19-26/h1-15,17-19H. The fraction of sp³-hybridized carbons (Fsp3) is 0. The lowest BCUT2D eigenvalue weighted by Gasteiger charge is -2.25. The summed E-state index contributed by atoms with van der Waals surface area (Å²) in [5.74, 6) is 0. The van der Waals surface area contributed by atoms with Gasteiger partial charge >= 0.3 is 0 Å². The van der Waals surface area contributed by atoms with Crippen LogP contribution in [0.2, 0.25) is 0 Å². The molecule has 0 N–H and O–H groups in total. The maximum atomic E-state index is 3.50. The Bertz CT molecular complexity index is 1170. The van der Waals surface area contributed by atoms with E-state index in [-0.39, 0.29) is 0 Å². The number of anilines is 3. The summed E-state index contributed by atoms with van der Waals surface area (Å²) in [7, 11) is 0. The zero-order chi connectivity index (χ0) is 18.1. The summed E-state index contributed by atoms with van der Waals surface area (Å²) in [5.41, 5.74) is 3.29. The van der Waals surface area contributed by atoms with Crippen LogP contribution in [0, 0.1) is 6.07 Å². The van der Waals surface area contributed by atoms with E-state index in [9.17, 15) is 0 Å². The third-order valence-electron chi connectivity index (χ3n) is 4.89. The quantitative estimate of drug-likeness (QED) is 0.311. The van der Waals surface area contributed by atoms with E-state index >= 15 is 0 Å². The Labute approximate surface area is 159 Å². The molecule has 5 aromatic carbocycles. The third-order valence-corrected chi connectivity index (χ3v) is 4.89. The number of benzene rings is 5. The lowest BCUT2D eigenvalue weighted by Crippen LogP contribution is -2.09. The summed E-state index contributed by atoms with van der Waals surface area (Å²) in [6.45, 7) is 0. The van der Waals surface area contributed by atoms with E-state index < -0.39 is 0 Å². The summed E-state index contributed by atoms with van der Waals surface area (Å²) in [5, 5.41) is 4.94. The molecular formula is C26H18N. The molecule has 27 heavy (non-hydrogen) atoms. The van der Waals surface area contributed by atoms with Crippen molar-refractivity contribution >= 4 is 38.6 Å². The molecule has 0 spiro atoms. The monoisotopic (exact) mass is 344 g/mol. The van der Waals surface area contributed by atoms with Crippen molar-refractivity contribution in [2.24, 2.45) is 0 Å². The molecule has 5 aromatic rings. The van der Waals surface area contributed by atoms with E-state index in [4.69, 9.17) is 0 Å². The van der Waals surface area contributed by atoms with Crippen LogP contribution in [-0.2, 0) is 0 Å². The highest BCUT2D eigenvalue weighted by molar-refractivity contribution is 6.00. The molecule has 0 fully saturated rings. The predicted molar refractivity (Wildman–Crippen MR) is 115 cm³/mol. The van der Waals surface area contributed by atoms with Gasteiger partial charge in [0.15, 0.2) is 0 Å². The highest BCUT2D eigenvalue weighted by Gasteiger charge is 2.12. The molecule has 127 valence electrons. The predicted octanol–water partition coefficient (Wildman–Crippen LogP) is 7.26. The lowest BCUT2D eigenvalue weighted by molar-refractivity contribution is 1.29. The van der Waals surface area contributed by atoms with Crippen LogP contribution in [-0.4, -0.2) is 0 Å². The molecule has 0 aliphatic carbocycles. The Morgan fingerprint density at radius 1 is 0.481 bits per heavy atom. The fourth-order valence-corrected chi connectivity index (χ4v) is 3.58. The molecule has 1 radical (unpaired) electrons. The van der Waals surface area contributed by atoms with Gasteiger partial charge in [0.05, 0.1) is 5.69 Å². The molecule has 0 aliphatic heterocycles. The Morgan fingerprint density at radius 3 is 1.59 bits per heavy atom. The average molecular weight is 344 g/mol. The second-order valence-electron chi connectivity index (χ2n) is 6.65. The van der Waals surface area contributed by atoms with Crippen LogP contribution in [0.15, 0.2) is 109 Å². The van der Waals surface area contributed by atoms with E-state index in [1.165, 1.54) is 21.5 Å². The smallest absolute Gasteiger partial charge is 0.0547 e. The molecule has 0 saturated heterocycles.